The van der Waals surface area contributed by atoms with Crippen LogP contribution >= 0.6 is 24.0 Å². The zero-order valence-electron chi connectivity index (χ0n) is 20.8. The number of benzene rings is 1. The minimum atomic E-state index is -0.569. The Kier molecular flexibility index (Phi) is 12.1. The number of nitrogen functional groups attached to an aromatic ring is 2. The number of rotatable bonds is 10. The van der Waals surface area contributed by atoms with Crippen LogP contribution in [0.25, 0.3) is 11.0 Å². The number of aryl methyl sites for hydroxylation is 1. The molecule has 3 aromatic rings. The van der Waals surface area contributed by atoms with Crippen molar-refractivity contribution in [3.05, 3.63) is 34.9 Å². The number of likely N-dealkylation sites (N-methyl/N-ethyl adjacent to an activating group) is 1. The molecule has 37 heavy (non-hydrogen) atoms. The number of hydrogen-bond donors (Lipinski definition) is 4. The summed E-state index contributed by atoms with van der Waals surface area (Å²) >= 11 is 5.92. The molecule has 2 heterocycles. The highest BCUT2D eigenvalue weighted by atomic mass is 35.5. The number of anilines is 2. The van der Waals surface area contributed by atoms with Crippen LogP contribution in [0.5, 0.6) is 5.75 Å². The molecule has 0 aliphatic heterocycles. The van der Waals surface area contributed by atoms with Crippen molar-refractivity contribution in [3.63, 3.8) is 0 Å². The summed E-state index contributed by atoms with van der Waals surface area (Å²) in [5, 5.41) is 2.70. The van der Waals surface area contributed by atoms with Gasteiger partial charge in [-0.3, -0.25) is 9.59 Å². The van der Waals surface area contributed by atoms with Crippen molar-refractivity contribution < 1.29 is 31.3 Å². The summed E-state index contributed by atoms with van der Waals surface area (Å²) in [6.45, 7) is 3.79. The molecule has 204 valence electrons. The fraction of sp³-hybridized carbons (Fsp3) is 0.409. The standard InChI is InChI=1S/C22H30ClN9O3.2ClH/c1-4-31-15-10-13(35-3)6-7-14(15)32(12-17(33)30(2)9-5-8-24)16(31)11-27-22(34)18-20(25)29-21(26)19(23)28-18;;/h6-7,10H,4-5,8-9,11-12,24H2,1-3H3,(H4-,25,26,27,29,34);2*1H. The number of aromatic nitrogens is 4. The number of fused-ring (bicyclic) bond motifs is 1. The highest BCUT2D eigenvalue weighted by molar-refractivity contribution is 6.31. The molecule has 2 amide bonds. The van der Waals surface area contributed by atoms with Gasteiger partial charge in [0.15, 0.2) is 40.1 Å². The number of methoxy groups -OCH3 is 1. The summed E-state index contributed by atoms with van der Waals surface area (Å²) in [7, 11) is 3.34. The van der Waals surface area contributed by atoms with Gasteiger partial charge in [-0.1, -0.05) is 11.6 Å². The van der Waals surface area contributed by atoms with Gasteiger partial charge in [-0.05, 0) is 32.0 Å². The number of hydrogen-bond acceptors (Lipinski definition) is 8. The number of carbonyl (C=O) groups is 2. The van der Waals surface area contributed by atoms with Gasteiger partial charge in [0.2, 0.25) is 0 Å². The second-order valence-electron chi connectivity index (χ2n) is 7.87. The molecule has 1 aromatic carbocycles. The van der Waals surface area contributed by atoms with Gasteiger partial charge in [0.25, 0.3) is 17.6 Å². The Morgan fingerprint density at radius 2 is 1.95 bits per heavy atom. The molecule has 0 aliphatic rings. The zero-order chi connectivity index (χ0) is 25.7. The normalized spacial score (nSPS) is 10.4. The number of nitrogens with zero attached hydrogens (tertiary/aromatic N) is 5. The number of nitrogens with two attached hydrogens (primary N) is 3. The average Bonchev–Trinajstić information content (AvgIpc) is 3.14. The van der Waals surface area contributed by atoms with E-state index in [0.717, 1.165) is 11.0 Å². The smallest absolute Gasteiger partial charge is 0.277 e. The van der Waals surface area contributed by atoms with Crippen LogP contribution in [0.2, 0.25) is 5.15 Å². The van der Waals surface area contributed by atoms with Crippen molar-refractivity contribution in [2.24, 2.45) is 5.73 Å². The van der Waals surface area contributed by atoms with Crippen LogP contribution in [0.1, 0.15) is 29.7 Å². The molecule has 0 fully saturated rings. The van der Waals surface area contributed by atoms with E-state index >= 15 is 0 Å². The minimum absolute atomic E-state index is 0. The van der Waals surface area contributed by atoms with Crippen molar-refractivity contribution in [3.8, 4) is 5.75 Å². The predicted octanol–water partition coefficient (Wildman–Crippen LogP) is -2.27. The minimum Gasteiger partial charge on any atom is -1.00 e. The van der Waals surface area contributed by atoms with Crippen LogP contribution in [0.4, 0.5) is 11.6 Å². The summed E-state index contributed by atoms with van der Waals surface area (Å²) in [5.41, 5.74) is 18.6. The maximum absolute atomic E-state index is 13.0. The summed E-state index contributed by atoms with van der Waals surface area (Å²) in [6.07, 6.45) is 0.705. The lowest BCUT2D eigenvalue weighted by Gasteiger charge is -2.16. The first-order valence-corrected chi connectivity index (χ1v) is 11.5. The van der Waals surface area contributed by atoms with Crippen molar-refractivity contribution in [1.29, 1.82) is 0 Å². The summed E-state index contributed by atoms with van der Waals surface area (Å²) in [5.74, 6) is 0.546. The monoisotopic (exact) mass is 575 g/mol. The molecule has 0 saturated heterocycles. The number of amides is 2. The zero-order valence-corrected chi connectivity index (χ0v) is 23.2. The fourth-order valence-electron chi connectivity index (χ4n) is 3.78. The largest absolute Gasteiger partial charge is 1.00 e. The summed E-state index contributed by atoms with van der Waals surface area (Å²) < 4.78 is 9.28. The third kappa shape index (κ3) is 7.04. The van der Waals surface area contributed by atoms with Gasteiger partial charge < -0.3 is 44.6 Å². The molecule has 0 bridgehead atoms. The van der Waals surface area contributed by atoms with E-state index in [1.165, 1.54) is 0 Å². The molecule has 0 radical (unpaired) electrons. The second-order valence-corrected chi connectivity index (χ2v) is 8.23. The van der Waals surface area contributed by atoms with Gasteiger partial charge >= 0.3 is 0 Å². The van der Waals surface area contributed by atoms with E-state index in [1.807, 2.05) is 34.3 Å². The Balaban J connectivity index is 0.00000342. The molecule has 15 heteroatoms. The first-order chi connectivity index (χ1) is 16.7. The number of carbonyl (C=O) groups excluding carboxylic acids is 2. The maximum Gasteiger partial charge on any atom is 0.277 e. The Hall–Kier alpha value is -3.06. The van der Waals surface area contributed by atoms with Crippen LogP contribution in [0.3, 0.4) is 0 Å². The Morgan fingerprint density at radius 3 is 2.57 bits per heavy atom. The quantitative estimate of drug-likeness (QED) is 0.196. The summed E-state index contributed by atoms with van der Waals surface area (Å²) in [4.78, 5) is 35.3. The topological polar surface area (TPSA) is 171 Å². The van der Waals surface area contributed by atoms with Gasteiger partial charge in [0, 0.05) is 19.7 Å². The van der Waals surface area contributed by atoms with Crippen LogP contribution < -0.4 is 44.2 Å². The Labute approximate surface area is 232 Å². The van der Waals surface area contributed by atoms with E-state index in [-0.39, 0.29) is 66.3 Å². The van der Waals surface area contributed by atoms with Gasteiger partial charge in [0.05, 0.1) is 13.7 Å². The second kappa shape index (κ2) is 14.0. The van der Waals surface area contributed by atoms with E-state index in [0.29, 0.717) is 37.6 Å². The van der Waals surface area contributed by atoms with Gasteiger partial charge in [-0.25, -0.2) is 19.1 Å². The molecule has 3 rings (SSSR count). The van der Waals surface area contributed by atoms with E-state index in [1.54, 1.807) is 19.1 Å². The van der Waals surface area contributed by atoms with Crippen LogP contribution in [-0.2, 0) is 24.4 Å². The van der Waals surface area contributed by atoms with E-state index in [4.69, 9.17) is 33.5 Å². The number of ether oxygens (including phenoxy) is 1. The Bertz CT molecular complexity index is 1250. The Morgan fingerprint density at radius 1 is 1.24 bits per heavy atom. The van der Waals surface area contributed by atoms with E-state index in [2.05, 4.69) is 15.3 Å². The van der Waals surface area contributed by atoms with Crippen LogP contribution in [0.15, 0.2) is 18.2 Å². The van der Waals surface area contributed by atoms with Gasteiger partial charge in [-0.15, -0.1) is 12.4 Å². The van der Waals surface area contributed by atoms with Crippen molar-refractivity contribution in [2.75, 3.05) is 38.7 Å². The van der Waals surface area contributed by atoms with Crippen molar-refractivity contribution in [1.82, 2.24) is 24.8 Å². The molecule has 0 atom stereocenters. The number of nitrogens with one attached hydrogen (secondary N) is 1. The van der Waals surface area contributed by atoms with E-state index in [9.17, 15) is 9.59 Å². The fourth-order valence-corrected chi connectivity index (χ4v) is 3.91. The average molecular weight is 577 g/mol. The maximum atomic E-state index is 13.0. The third-order valence-corrected chi connectivity index (χ3v) is 5.93. The van der Waals surface area contributed by atoms with Crippen LogP contribution in [-0.4, -0.2) is 58.5 Å². The predicted molar refractivity (Wildman–Crippen MR) is 140 cm³/mol. The SMILES string of the molecule is CCn1c(CNC(=O)c2nc(Cl)c(N)nc2N)[n+](CC(=O)N(C)CCCN)c2ccc(OC)cc21.Cl.[Cl-]. The highest BCUT2D eigenvalue weighted by Crippen LogP contribution is 2.22. The molecule has 2 aromatic heterocycles. The molecular weight excluding hydrogens is 545 g/mol. The number of imidazole rings is 1. The van der Waals surface area contributed by atoms with Gasteiger partial charge in [-0.2, -0.15) is 0 Å². The molecular formula is C22H32Cl3N9O3. The lowest BCUT2D eigenvalue weighted by Crippen LogP contribution is -3.00. The van der Waals surface area contributed by atoms with Crippen LogP contribution in [0, 0.1) is 0 Å². The molecule has 0 aliphatic carbocycles. The first kappa shape index (κ1) is 32.0. The molecule has 0 saturated carbocycles. The lowest BCUT2D eigenvalue weighted by atomic mass is 10.3. The van der Waals surface area contributed by atoms with E-state index < -0.39 is 5.91 Å². The van der Waals surface area contributed by atoms with Gasteiger partial charge in [0.1, 0.15) is 12.3 Å². The first-order valence-electron chi connectivity index (χ1n) is 11.1. The lowest BCUT2D eigenvalue weighted by molar-refractivity contribution is -0.668. The summed E-state index contributed by atoms with van der Waals surface area (Å²) in [6, 6.07) is 5.62. The molecule has 0 spiro atoms. The van der Waals surface area contributed by atoms with Crippen molar-refractivity contribution >= 4 is 58.5 Å². The molecule has 12 nitrogen and oxygen atoms in total. The molecule has 7 N–H and O–H groups in total. The third-order valence-electron chi connectivity index (χ3n) is 5.65. The number of halogens is 3. The molecule has 0 unspecified atom stereocenters. The highest BCUT2D eigenvalue weighted by Gasteiger charge is 2.28. The van der Waals surface area contributed by atoms with Crippen molar-refractivity contribution in [2.45, 2.75) is 33.0 Å².